The molecular formula is C13H15N5O2. The number of nitrogens with zero attached hydrogens (tertiary/aromatic N) is 2. The quantitative estimate of drug-likeness (QED) is 0.562. The number of hydrazine groups is 1. The summed E-state index contributed by atoms with van der Waals surface area (Å²) in [5, 5.41) is 2.72. The average Bonchev–Trinajstić information content (AvgIpc) is 2.49. The minimum absolute atomic E-state index is 0.206. The van der Waals surface area contributed by atoms with Gasteiger partial charge in [-0.2, -0.15) is 0 Å². The molecule has 0 unspecified atom stereocenters. The number of ether oxygens (including phenoxy) is 1. The zero-order valence-corrected chi connectivity index (χ0v) is 11.0. The van der Waals surface area contributed by atoms with Crippen molar-refractivity contribution in [3.05, 3.63) is 42.4 Å². The summed E-state index contributed by atoms with van der Waals surface area (Å²) in [6.07, 6.45) is 2.73. The van der Waals surface area contributed by atoms with E-state index in [1.165, 1.54) is 12.4 Å². The van der Waals surface area contributed by atoms with Crippen molar-refractivity contribution in [3.8, 4) is 5.75 Å². The van der Waals surface area contributed by atoms with Gasteiger partial charge in [0.1, 0.15) is 11.4 Å². The number of anilines is 2. The molecule has 4 N–H and O–H groups in total. The maximum Gasteiger partial charge on any atom is 0.275 e. The van der Waals surface area contributed by atoms with Gasteiger partial charge in [0.05, 0.1) is 19.0 Å². The van der Waals surface area contributed by atoms with Crippen molar-refractivity contribution in [2.45, 2.75) is 6.92 Å². The highest BCUT2D eigenvalue weighted by Crippen LogP contribution is 2.16. The molecule has 20 heavy (non-hydrogen) atoms. The normalized spacial score (nSPS) is 9.90. The first-order chi connectivity index (χ1) is 9.72. The van der Waals surface area contributed by atoms with Crippen LogP contribution in [0.3, 0.4) is 0 Å². The Morgan fingerprint density at radius 1 is 1.25 bits per heavy atom. The van der Waals surface area contributed by atoms with E-state index in [0.717, 1.165) is 5.75 Å². The fourth-order valence-corrected chi connectivity index (χ4v) is 1.52. The first-order valence-electron chi connectivity index (χ1n) is 6.06. The standard InChI is InChI=1S/C13H15N5O2/c1-2-20-10-5-3-9(4-6-10)17-13(19)11-7-16-12(18-14)8-15-11/h3-8H,2,14H2,1H3,(H,16,18)(H,17,19). The zero-order chi connectivity index (χ0) is 14.4. The highest BCUT2D eigenvalue weighted by atomic mass is 16.5. The Balaban J connectivity index is 2.02. The third kappa shape index (κ3) is 3.42. The van der Waals surface area contributed by atoms with Crippen LogP contribution in [0.25, 0.3) is 0 Å². The molecule has 0 radical (unpaired) electrons. The molecule has 1 amide bonds. The summed E-state index contributed by atoms with van der Waals surface area (Å²) in [4.78, 5) is 19.8. The van der Waals surface area contributed by atoms with Gasteiger partial charge in [0.25, 0.3) is 5.91 Å². The molecule has 1 aromatic heterocycles. The molecule has 0 spiro atoms. The van der Waals surface area contributed by atoms with Crippen molar-refractivity contribution >= 4 is 17.4 Å². The lowest BCUT2D eigenvalue weighted by atomic mass is 10.3. The van der Waals surface area contributed by atoms with Crippen LogP contribution in [-0.4, -0.2) is 22.5 Å². The molecule has 7 heteroatoms. The number of benzene rings is 1. The second kappa shape index (κ2) is 6.48. The SMILES string of the molecule is CCOc1ccc(NC(=O)c2cnc(NN)cn2)cc1. The van der Waals surface area contributed by atoms with E-state index in [4.69, 9.17) is 10.6 Å². The number of carbonyl (C=O) groups excluding carboxylic acids is 1. The average molecular weight is 273 g/mol. The first kappa shape index (κ1) is 13.8. The van der Waals surface area contributed by atoms with Crippen LogP contribution in [0.5, 0.6) is 5.75 Å². The molecule has 0 aliphatic rings. The summed E-state index contributed by atoms with van der Waals surface area (Å²) in [6, 6.07) is 7.08. The summed E-state index contributed by atoms with van der Waals surface area (Å²) in [6.45, 7) is 2.51. The van der Waals surface area contributed by atoms with Crippen molar-refractivity contribution in [2.24, 2.45) is 5.84 Å². The van der Waals surface area contributed by atoms with Crippen molar-refractivity contribution in [2.75, 3.05) is 17.3 Å². The van der Waals surface area contributed by atoms with Gasteiger partial charge in [0.15, 0.2) is 5.82 Å². The van der Waals surface area contributed by atoms with Crippen LogP contribution in [0.1, 0.15) is 17.4 Å². The number of nitrogens with two attached hydrogens (primary N) is 1. The van der Waals surface area contributed by atoms with Gasteiger partial charge in [-0.1, -0.05) is 0 Å². The fourth-order valence-electron chi connectivity index (χ4n) is 1.52. The van der Waals surface area contributed by atoms with Crippen LogP contribution >= 0.6 is 0 Å². The van der Waals surface area contributed by atoms with E-state index in [9.17, 15) is 4.79 Å². The minimum Gasteiger partial charge on any atom is -0.494 e. The molecule has 0 fully saturated rings. The summed E-state index contributed by atoms with van der Waals surface area (Å²) >= 11 is 0. The van der Waals surface area contributed by atoms with E-state index < -0.39 is 0 Å². The summed E-state index contributed by atoms with van der Waals surface area (Å²) in [5.74, 6) is 5.98. The van der Waals surface area contributed by atoms with Crippen LogP contribution in [0.4, 0.5) is 11.5 Å². The number of aromatic nitrogens is 2. The predicted molar refractivity (Wildman–Crippen MR) is 75.4 cm³/mol. The highest BCUT2D eigenvalue weighted by molar-refractivity contribution is 6.02. The Kier molecular flexibility index (Phi) is 4.46. The molecule has 0 aliphatic heterocycles. The van der Waals surface area contributed by atoms with Crippen molar-refractivity contribution < 1.29 is 9.53 Å². The zero-order valence-electron chi connectivity index (χ0n) is 11.0. The summed E-state index contributed by atoms with van der Waals surface area (Å²) < 4.78 is 5.32. The Labute approximate surface area is 116 Å². The van der Waals surface area contributed by atoms with Crippen molar-refractivity contribution in [1.82, 2.24) is 9.97 Å². The van der Waals surface area contributed by atoms with Gasteiger partial charge in [-0.05, 0) is 31.2 Å². The lowest BCUT2D eigenvalue weighted by Crippen LogP contribution is -2.15. The molecule has 1 aromatic carbocycles. The molecule has 1 heterocycles. The smallest absolute Gasteiger partial charge is 0.275 e. The predicted octanol–water partition coefficient (Wildman–Crippen LogP) is 1.41. The van der Waals surface area contributed by atoms with Gasteiger partial charge in [-0.15, -0.1) is 0 Å². The van der Waals surface area contributed by atoms with Crippen LogP contribution in [0, 0.1) is 0 Å². The molecule has 0 bridgehead atoms. The monoisotopic (exact) mass is 273 g/mol. The Bertz CT molecular complexity index is 568. The highest BCUT2D eigenvalue weighted by Gasteiger charge is 2.08. The largest absolute Gasteiger partial charge is 0.494 e. The summed E-state index contributed by atoms with van der Waals surface area (Å²) in [5.41, 5.74) is 3.20. The Morgan fingerprint density at radius 2 is 2.00 bits per heavy atom. The van der Waals surface area contributed by atoms with Gasteiger partial charge >= 0.3 is 0 Å². The van der Waals surface area contributed by atoms with Crippen molar-refractivity contribution in [1.29, 1.82) is 0 Å². The third-order valence-electron chi connectivity index (χ3n) is 2.46. The lowest BCUT2D eigenvalue weighted by molar-refractivity contribution is 0.102. The molecule has 0 aliphatic carbocycles. The van der Waals surface area contributed by atoms with Crippen LogP contribution in [-0.2, 0) is 0 Å². The number of carbonyl (C=O) groups is 1. The van der Waals surface area contributed by atoms with Gasteiger partial charge in [-0.3, -0.25) is 4.79 Å². The van der Waals surface area contributed by atoms with E-state index in [2.05, 4.69) is 20.7 Å². The van der Waals surface area contributed by atoms with Gasteiger partial charge in [0.2, 0.25) is 0 Å². The maximum atomic E-state index is 11.9. The minimum atomic E-state index is -0.342. The van der Waals surface area contributed by atoms with E-state index in [-0.39, 0.29) is 11.6 Å². The van der Waals surface area contributed by atoms with Crippen molar-refractivity contribution in [3.63, 3.8) is 0 Å². The van der Waals surface area contributed by atoms with E-state index in [0.29, 0.717) is 18.1 Å². The van der Waals surface area contributed by atoms with E-state index >= 15 is 0 Å². The molecular weight excluding hydrogens is 258 g/mol. The number of amides is 1. The number of nitrogen functional groups attached to an aromatic ring is 1. The van der Waals surface area contributed by atoms with Gasteiger partial charge in [-0.25, -0.2) is 15.8 Å². The maximum absolute atomic E-state index is 11.9. The fraction of sp³-hybridized carbons (Fsp3) is 0.154. The number of rotatable bonds is 5. The first-order valence-corrected chi connectivity index (χ1v) is 6.06. The Hall–Kier alpha value is -2.67. The molecule has 2 rings (SSSR count). The Morgan fingerprint density at radius 3 is 2.55 bits per heavy atom. The lowest BCUT2D eigenvalue weighted by Gasteiger charge is -2.07. The number of nitrogens with one attached hydrogen (secondary N) is 2. The molecule has 2 aromatic rings. The van der Waals surface area contributed by atoms with Gasteiger partial charge < -0.3 is 15.5 Å². The molecule has 0 atom stereocenters. The van der Waals surface area contributed by atoms with Crippen LogP contribution in [0.2, 0.25) is 0 Å². The molecule has 104 valence electrons. The molecule has 0 saturated carbocycles. The number of hydrogen-bond donors (Lipinski definition) is 3. The van der Waals surface area contributed by atoms with Crippen LogP contribution in [0.15, 0.2) is 36.7 Å². The topological polar surface area (TPSA) is 102 Å². The van der Waals surface area contributed by atoms with E-state index in [1.54, 1.807) is 24.3 Å². The second-order valence-corrected chi connectivity index (χ2v) is 3.84. The third-order valence-corrected chi connectivity index (χ3v) is 2.46. The number of hydrogen-bond acceptors (Lipinski definition) is 6. The summed E-state index contributed by atoms with van der Waals surface area (Å²) in [7, 11) is 0. The van der Waals surface area contributed by atoms with E-state index in [1.807, 2.05) is 6.92 Å². The van der Waals surface area contributed by atoms with Gasteiger partial charge in [0, 0.05) is 5.69 Å². The second-order valence-electron chi connectivity index (χ2n) is 3.84. The molecule has 0 saturated heterocycles. The van der Waals surface area contributed by atoms with Crippen LogP contribution < -0.4 is 21.3 Å². The molecule has 7 nitrogen and oxygen atoms in total.